The fourth-order valence-electron chi connectivity index (χ4n) is 6.91. The van der Waals surface area contributed by atoms with Crippen molar-refractivity contribution in [2.75, 3.05) is 19.7 Å². The molecule has 40 heavy (non-hydrogen) atoms. The molecule has 2 N–H and O–H groups in total. The molecule has 0 unspecified atom stereocenters. The van der Waals surface area contributed by atoms with Crippen LogP contribution in [0, 0.1) is 17.3 Å². The van der Waals surface area contributed by atoms with Crippen molar-refractivity contribution in [2.24, 2.45) is 17.3 Å². The van der Waals surface area contributed by atoms with Crippen LogP contribution in [-0.4, -0.2) is 56.3 Å². The summed E-state index contributed by atoms with van der Waals surface area (Å²) in [6.45, 7) is 7.69. The van der Waals surface area contributed by atoms with Gasteiger partial charge in [-0.1, -0.05) is 43.1 Å². The van der Waals surface area contributed by atoms with Gasteiger partial charge in [-0.2, -0.15) is 0 Å². The molecule has 5 atom stereocenters. The second-order valence-electron chi connectivity index (χ2n) is 12.0. The minimum Gasteiger partial charge on any atom is -0.486 e. The Bertz CT molecular complexity index is 1340. The number of amides is 2. The number of hydrogen-bond acceptors (Lipinski definition) is 6. The van der Waals surface area contributed by atoms with Crippen molar-refractivity contribution in [3.8, 4) is 11.5 Å². The first-order valence-corrected chi connectivity index (χ1v) is 14.6. The minimum atomic E-state index is -0.906. The van der Waals surface area contributed by atoms with Crippen LogP contribution in [0.3, 0.4) is 0 Å². The van der Waals surface area contributed by atoms with E-state index in [1.54, 1.807) is 12.1 Å². The zero-order chi connectivity index (χ0) is 28.2. The third-order valence-corrected chi connectivity index (χ3v) is 9.85. The molecule has 2 bridgehead atoms. The molecular formula is C29H33BCl2N2O6. The highest BCUT2D eigenvalue weighted by molar-refractivity contribution is 6.46. The first-order valence-electron chi connectivity index (χ1n) is 13.8. The maximum Gasteiger partial charge on any atom is 0.478 e. The molecule has 7 rings (SSSR count). The van der Waals surface area contributed by atoms with E-state index in [-0.39, 0.29) is 46.5 Å². The average Bonchev–Trinajstić information content (AvgIpc) is 3.28. The fraction of sp³-hybridized carbons (Fsp3) is 0.517. The molecule has 1 saturated heterocycles. The molecule has 5 aliphatic rings. The SMILES string of the molecule is CC1(C)[C@@H]2C[C@H]3OB(CNC(=O)[C@H](Cc4ccc5c(c4)OCCO5)NC(=O)c4cc(Cl)ccc4Cl)O[C@@]3(C)[C@H]1C2. The van der Waals surface area contributed by atoms with E-state index in [4.69, 9.17) is 42.0 Å². The van der Waals surface area contributed by atoms with Crippen molar-refractivity contribution >= 4 is 42.1 Å². The summed E-state index contributed by atoms with van der Waals surface area (Å²) < 4.78 is 24.0. The Hall–Kier alpha value is -2.46. The van der Waals surface area contributed by atoms with Crippen LogP contribution in [-0.2, 0) is 20.5 Å². The van der Waals surface area contributed by atoms with Crippen LogP contribution in [0.4, 0.5) is 0 Å². The predicted molar refractivity (Wildman–Crippen MR) is 152 cm³/mol. The van der Waals surface area contributed by atoms with Gasteiger partial charge in [-0.3, -0.25) is 9.59 Å². The lowest BCUT2D eigenvalue weighted by atomic mass is 9.43. The van der Waals surface area contributed by atoms with Gasteiger partial charge in [0.2, 0.25) is 5.91 Å². The lowest BCUT2D eigenvalue weighted by Gasteiger charge is -2.64. The van der Waals surface area contributed by atoms with Crippen molar-refractivity contribution in [3.63, 3.8) is 0 Å². The maximum absolute atomic E-state index is 13.5. The molecule has 11 heteroatoms. The summed E-state index contributed by atoms with van der Waals surface area (Å²) in [5.74, 6) is 1.46. The largest absolute Gasteiger partial charge is 0.486 e. The Kier molecular flexibility index (Phi) is 7.22. The molecule has 0 aromatic heterocycles. The summed E-state index contributed by atoms with van der Waals surface area (Å²) in [7, 11) is -0.554. The van der Waals surface area contributed by atoms with Gasteiger partial charge in [-0.15, -0.1) is 0 Å². The standard InChI is InChI=1S/C29H33BCl2N2O6/c1-28(2)17-12-24(28)29(3)25(13-17)39-30(40-29)15-33-27(36)21(34-26(35)19-14-18(31)5-6-20(19)32)10-16-4-7-22-23(11-16)38-9-8-37-22/h4-7,11,14,17,21,24-25H,8-10,12-13,15H2,1-3H3,(H,33,36)(H,34,35)/t17-,21-,24-,25+,29-/m0/s1. The zero-order valence-corrected chi connectivity index (χ0v) is 24.3. The Labute approximate surface area is 244 Å². The van der Waals surface area contributed by atoms with E-state index in [1.807, 2.05) is 18.2 Å². The van der Waals surface area contributed by atoms with Gasteiger partial charge in [-0.05, 0) is 72.9 Å². The van der Waals surface area contributed by atoms with Crippen LogP contribution in [0.1, 0.15) is 49.5 Å². The Morgan fingerprint density at radius 1 is 1.05 bits per heavy atom. The monoisotopic (exact) mass is 586 g/mol. The quantitative estimate of drug-likeness (QED) is 0.464. The third-order valence-electron chi connectivity index (χ3n) is 9.29. The van der Waals surface area contributed by atoms with E-state index in [0.717, 1.165) is 18.4 Å². The van der Waals surface area contributed by atoms with Crippen molar-refractivity contribution in [3.05, 3.63) is 57.6 Å². The topological polar surface area (TPSA) is 95.1 Å². The van der Waals surface area contributed by atoms with Gasteiger partial charge in [-0.25, -0.2) is 0 Å². The molecule has 2 aliphatic heterocycles. The van der Waals surface area contributed by atoms with Crippen molar-refractivity contribution in [1.82, 2.24) is 10.6 Å². The van der Waals surface area contributed by atoms with Gasteiger partial charge >= 0.3 is 7.12 Å². The van der Waals surface area contributed by atoms with E-state index in [0.29, 0.717) is 41.6 Å². The van der Waals surface area contributed by atoms with Gasteiger partial charge in [0, 0.05) is 11.4 Å². The molecule has 2 aromatic rings. The van der Waals surface area contributed by atoms with Crippen molar-refractivity contribution in [1.29, 1.82) is 0 Å². The number of hydrogen-bond donors (Lipinski definition) is 2. The summed E-state index contributed by atoms with van der Waals surface area (Å²) in [6.07, 6.45) is 2.53. The van der Waals surface area contributed by atoms with E-state index < -0.39 is 19.1 Å². The second kappa shape index (κ2) is 10.4. The van der Waals surface area contributed by atoms with E-state index >= 15 is 0 Å². The third kappa shape index (κ3) is 4.95. The highest BCUT2D eigenvalue weighted by Gasteiger charge is 2.67. The molecule has 0 radical (unpaired) electrons. The lowest BCUT2D eigenvalue weighted by Crippen LogP contribution is -2.65. The van der Waals surface area contributed by atoms with E-state index in [9.17, 15) is 9.59 Å². The summed E-state index contributed by atoms with van der Waals surface area (Å²) in [6, 6.07) is 9.22. The van der Waals surface area contributed by atoms with Crippen molar-refractivity contribution in [2.45, 2.75) is 57.8 Å². The Morgan fingerprint density at radius 2 is 1.82 bits per heavy atom. The molecule has 2 amide bonds. The lowest BCUT2D eigenvalue weighted by molar-refractivity contribution is -0.199. The number of benzene rings is 2. The molecular weight excluding hydrogens is 554 g/mol. The van der Waals surface area contributed by atoms with Gasteiger partial charge in [0.1, 0.15) is 19.3 Å². The summed E-state index contributed by atoms with van der Waals surface area (Å²) in [5.41, 5.74) is 0.856. The predicted octanol–water partition coefficient (Wildman–Crippen LogP) is 4.49. The van der Waals surface area contributed by atoms with Crippen LogP contribution in [0.15, 0.2) is 36.4 Å². The molecule has 0 spiro atoms. The fourth-order valence-corrected chi connectivity index (χ4v) is 7.29. The summed E-state index contributed by atoms with van der Waals surface area (Å²) in [5, 5.41) is 6.40. The normalized spacial score (nSPS) is 28.2. The molecule has 2 aromatic carbocycles. The van der Waals surface area contributed by atoms with Gasteiger partial charge in [0.15, 0.2) is 11.5 Å². The number of carbonyl (C=O) groups is 2. The number of ether oxygens (including phenoxy) is 2. The number of fused-ring (bicyclic) bond motifs is 1. The first-order chi connectivity index (χ1) is 19.0. The smallest absolute Gasteiger partial charge is 0.478 e. The molecule has 3 saturated carbocycles. The highest BCUT2D eigenvalue weighted by Crippen LogP contribution is 2.65. The van der Waals surface area contributed by atoms with Crippen molar-refractivity contribution < 1.29 is 28.4 Å². The number of nitrogens with one attached hydrogen (secondary N) is 2. The number of rotatable bonds is 7. The van der Waals surface area contributed by atoms with Crippen LogP contribution in [0.25, 0.3) is 0 Å². The summed E-state index contributed by atoms with van der Waals surface area (Å²) >= 11 is 12.4. The molecule has 4 fully saturated rings. The minimum absolute atomic E-state index is 0.0179. The first kappa shape index (κ1) is 27.7. The number of halogens is 2. The van der Waals surface area contributed by atoms with Crippen LogP contribution < -0.4 is 20.1 Å². The summed E-state index contributed by atoms with van der Waals surface area (Å²) in [4.78, 5) is 26.7. The maximum atomic E-state index is 13.5. The zero-order valence-electron chi connectivity index (χ0n) is 22.8. The molecule has 212 valence electrons. The van der Waals surface area contributed by atoms with Gasteiger partial charge in [0.05, 0.1) is 28.7 Å². The highest BCUT2D eigenvalue weighted by atomic mass is 35.5. The molecule has 2 heterocycles. The number of carbonyl (C=O) groups excluding carboxylic acids is 2. The second-order valence-corrected chi connectivity index (χ2v) is 12.8. The van der Waals surface area contributed by atoms with Crippen LogP contribution in [0.2, 0.25) is 10.0 Å². The van der Waals surface area contributed by atoms with Gasteiger partial charge < -0.3 is 29.4 Å². The van der Waals surface area contributed by atoms with E-state index in [1.165, 1.54) is 6.07 Å². The Balaban J connectivity index is 1.16. The van der Waals surface area contributed by atoms with Crippen LogP contribution in [0.5, 0.6) is 11.5 Å². The Morgan fingerprint density at radius 3 is 2.60 bits per heavy atom. The van der Waals surface area contributed by atoms with E-state index in [2.05, 4.69) is 31.4 Å². The molecule has 3 aliphatic carbocycles. The average molecular weight is 587 g/mol. The van der Waals surface area contributed by atoms with Crippen LogP contribution >= 0.6 is 23.2 Å². The van der Waals surface area contributed by atoms with Gasteiger partial charge in [0.25, 0.3) is 5.91 Å². The molecule has 8 nitrogen and oxygen atoms in total.